The molecule has 1 N–H and O–H groups in total. The van der Waals surface area contributed by atoms with Crippen LogP contribution < -0.4 is 0 Å². The molecular formula is C16H28N2O2. The fourth-order valence-corrected chi connectivity index (χ4v) is 3.59. The maximum Gasteiger partial charge on any atom is 0.237 e. The molecule has 1 saturated heterocycles. The van der Waals surface area contributed by atoms with Crippen LogP contribution in [0, 0.1) is 11.8 Å². The van der Waals surface area contributed by atoms with Crippen molar-refractivity contribution in [2.75, 3.05) is 19.6 Å². The lowest BCUT2D eigenvalue weighted by atomic mass is 10.0. The van der Waals surface area contributed by atoms with E-state index in [0.29, 0.717) is 30.5 Å². The highest BCUT2D eigenvalue weighted by Gasteiger charge is 2.42. The third kappa shape index (κ3) is 3.17. The van der Waals surface area contributed by atoms with Crippen molar-refractivity contribution < 1.29 is 9.90 Å². The van der Waals surface area contributed by atoms with Crippen LogP contribution >= 0.6 is 0 Å². The van der Waals surface area contributed by atoms with Crippen molar-refractivity contribution in [1.29, 1.82) is 0 Å². The van der Waals surface area contributed by atoms with E-state index < -0.39 is 0 Å². The van der Waals surface area contributed by atoms with Crippen molar-refractivity contribution in [2.45, 2.75) is 64.1 Å². The summed E-state index contributed by atoms with van der Waals surface area (Å²) in [4.78, 5) is 17.1. The van der Waals surface area contributed by atoms with Crippen LogP contribution in [0.3, 0.4) is 0 Å². The predicted molar refractivity (Wildman–Crippen MR) is 78.3 cm³/mol. The second-order valence-electron chi connectivity index (χ2n) is 7.13. The van der Waals surface area contributed by atoms with E-state index in [2.05, 4.69) is 16.7 Å². The van der Waals surface area contributed by atoms with Crippen LogP contribution in [0.15, 0.2) is 0 Å². The maximum atomic E-state index is 12.7. The molecule has 2 saturated carbocycles. The van der Waals surface area contributed by atoms with Gasteiger partial charge in [-0.1, -0.05) is 0 Å². The van der Waals surface area contributed by atoms with Crippen molar-refractivity contribution in [2.24, 2.45) is 11.8 Å². The van der Waals surface area contributed by atoms with Crippen LogP contribution in [0.1, 0.15) is 46.0 Å². The average molecular weight is 280 g/mol. The largest absolute Gasteiger partial charge is 0.393 e. The van der Waals surface area contributed by atoms with E-state index >= 15 is 0 Å². The number of likely N-dealkylation sites (tertiary alicyclic amines) is 1. The Morgan fingerprint density at radius 2 is 1.90 bits per heavy atom. The van der Waals surface area contributed by atoms with Crippen LogP contribution in [0.25, 0.3) is 0 Å². The fourth-order valence-electron chi connectivity index (χ4n) is 3.59. The Balaban J connectivity index is 1.54. The second kappa shape index (κ2) is 5.64. The average Bonchev–Trinajstić information content (AvgIpc) is 3.28. The van der Waals surface area contributed by atoms with Gasteiger partial charge in [0.15, 0.2) is 0 Å². The summed E-state index contributed by atoms with van der Waals surface area (Å²) in [5.41, 5.74) is 0. The van der Waals surface area contributed by atoms with Crippen LogP contribution in [-0.2, 0) is 4.79 Å². The van der Waals surface area contributed by atoms with Gasteiger partial charge >= 0.3 is 0 Å². The zero-order valence-electron chi connectivity index (χ0n) is 12.8. The lowest BCUT2D eigenvalue weighted by Crippen LogP contribution is -2.46. The number of hydrogen-bond donors (Lipinski definition) is 1. The van der Waals surface area contributed by atoms with Crippen molar-refractivity contribution in [1.82, 2.24) is 9.80 Å². The summed E-state index contributed by atoms with van der Waals surface area (Å²) in [7, 11) is 0. The van der Waals surface area contributed by atoms with Gasteiger partial charge in [-0.2, -0.15) is 0 Å². The molecule has 4 nitrogen and oxygen atoms in total. The van der Waals surface area contributed by atoms with E-state index in [4.69, 9.17) is 0 Å². The van der Waals surface area contributed by atoms with Crippen molar-refractivity contribution in [3.05, 3.63) is 0 Å². The molecule has 3 aliphatic rings. The zero-order valence-corrected chi connectivity index (χ0v) is 12.8. The maximum absolute atomic E-state index is 12.7. The van der Waals surface area contributed by atoms with Gasteiger partial charge < -0.3 is 10.0 Å². The molecule has 3 unspecified atom stereocenters. The van der Waals surface area contributed by atoms with Gasteiger partial charge in [-0.3, -0.25) is 9.69 Å². The third-order valence-corrected chi connectivity index (χ3v) is 5.32. The Kier molecular flexibility index (Phi) is 4.04. The first-order chi connectivity index (χ1) is 9.56. The van der Waals surface area contributed by atoms with E-state index in [1.165, 1.54) is 25.7 Å². The molecule has 20 heavy (non-hydrogen) atoms. The molecule has 114 valence electrons. The highest BCUT2D eigenvalue weighted by molar-refractivity contribution is 5.79. The smallest absolute Gasteiger partial charge is 0.237 e. The summed E-state index contributed by atoms with van der Waals surface area (Å²) in [6.45, 7) is 6.48. The van der Waals surface area contributed by atoms with E-state index in [1.807, 2.05) is 6.92 Å². The standard InChI is InChI=1S/C16H28N2O2/c1-11(13-3-4-13)18(15-5-6-15)16(20)10-17-8-7-14(9-17)12(2)19/h11-15,19H,3-10H2,1-2H3. The Morgan fingerprint density at radius 3 is 2.40 bits per heavy atom. The van der Waals surface area contributed by atoms with Crippen LogP contribution in [0.2, 0.25) is 0 Å². The summed E-state index contributed by atoms with van der Waals surface area (Å²) in [5, 5.41) is 9.66. The molecule has 0 radical (unpaired) electrons. The molecule has 2 aliphatic carbocycles. The first-order valence-corrected chi connectivity index (χ1v) is 8.28. The molecule has 1 heterocycles. The normalized spacial score (nSPS) is 30.2. The molecule has 0 bridgehead atoms. The van der Waals surface area contributed by atoms with E-state index in [1.54, 1.807) is 0 Å². The predicted octanol–water partition coefficient (Wildman–Crippen LogP) is 1.48. The number of carbonyl (C=O) groups excluding carboxylic acids is 1. The summed E-state index contributed by atoms with van der Waals surface area (Å²) in [5.74, 6) is 1.42. The quantitative estimate of drug-likeness (QED) is 0.801. The van der Waals surface area contributed by atoms with Gasteiger partial charge in [-0.15, -0.1) is 0 Å². The summed E-state index contributed by atoms with van der Waals surface area (Å²) < 4.78 is 0. The molecule has 0 aromatic heterocycles. The van der Waals surface area contributed by atoms with Crippen LogP contribution in [0.4, 0.5) is 0 Å². The minimum absolute atomic E-state index is 0.250. The Hall–Kier alpha value is -0.610. The molecule has 0 spiro atoms. The van der Waals surface area contributed by atoms with Gasteiger partial charge in [0.2, 0.25) is 5.91 Å². The van der Waals surface area contributed by atoms with Gasteiger partial charge in [0.05, 0.1) is 12.6 Å². The second-order valence-corrected chi connectivity index (χ2v) is 7.13. The molecule has 3 fully saturated rings. The number of amides is 1. The number of nitrogens with zero attached hydrogens (tertiary/aromatic N) is 2. The number of aliphatic hydroxyl groups excluding tert-OH is 1. The summed E-state index contributed by atoms with van der Waals surface area (Å²) in [6, 6.07) is 0.957. The highest BCUT2D eigenvalue weighted by Crippen LogP contribution is 2.39. The van der Waals surface area contributed by atoms with E-state index in [9.17, 15) is 9.90 Å². The number of carbonyl (C=O) groups is 1. The monoisotopic (exact) mass is 280 g/mol. The first kappa shape index (κ1) is 14.3. The molecular weight excluding hydrogens is 252 g/mol. The van der Waals surface area contributed by atoms with Gasteiger partial charge in [-0.05, 0) is 64.3 Å². The summed E-state index contributed by atoms with van der Waals surface area (Å²) in [6.07, 6.45) is 5.75. The Bertz CT molecular complexity index is 363. The van der Waals surface area contributed by atoms with Crippen LogP contribution in [0.5, 0.6) is 0 Å². The van der Waals surface area contributed by atoms with Crippen LogP contribution in [-0.4, -0.2) is 58.6 Å². The highest BCUT2D eigenvalue weighted by atomic mass is 16.3. The molecule has 3 rings (SSSR count). The number of rotatable bonds is 6. The zero-order chi connectivity index (χ0) is 14.3. The van der Waals surface area contributed by atoms with Gasteiger partial charge in [-0.25, -0.2) is 0 Å². The SMILES string of the molecule is CC(O)C1CCN(CC(=O)N(C2CC2)C(C)C2CC2)C1. The number of aliphatic hydroxyl groups is 1. The molecule has 4 heteroatoms. The topological polar surface area (TPSA) is 43.8 Å². The summed E-state index contributed by atoms with van der Waals surface area (Å²) >= 11 is 0. The van der Waals surface area contributed by atoms with Crippen molar-refractivity contribution >= 4 is 5.91 Å². The van der Waals surface area contributed by atoms with E-state index in [0.717, 1.165) is 25.4 Å². The molecule has 1 amide bonds. The molecule has 0 aromatic carbocycles. The van der Waals surface area contributed by atoms with E-state index in [-0.39, 0.29) is 6.10 Å². The van der Waals surface area contributed by atoms with Gasteiger partial charge in [0, 0.05) is 18.6 Å². The lowest BCUT2D eigenvalue weighted by molar-refractivity contribution is -0.135. The molecule has 3 atom stereocenters. The molecule has 1 aliphatic heterocycles. The number of hydrogen-bond acceptors (Lipinski definition) is 3. The minimum Gasteiger partial charge on any atom is -0.393 e. The third-order valence-electron chi connectivity index (χ3n) is 5.32. The van der Waals surface area contributed by atoms with Gasteiger partial charge in [0.25, 0.3) is 0 Å². The molecule has 0 aromatic rings. The van der Waals surface area contributed by atoms with Crippen molar-refractivity contribution in [3.63, 3.8) is 0 Å². The Labute approximate surface area is 122 Å². The lowest BCUT2D eigenvalue weighted by Gasteiger charge is -2.31. The fraction of sp³-hybridized carbons (Fsp3) is 0.938. The van der Waals surface area contributed by atoms with Gasteiger partial charge in [0.1, 0.15) is 0 Å². The minimum atomic E-state index is -0.250. The van der Waals surface area contributed by atoms with Crippen molar-refractivity contribution in [3.8, 4) is 0 Å². The first-order valence-electron chi connectivity index (χ1n) is 8.28. The Morgan fingerprint density at radius 1 is 1.20 bits per heavy atom.